The molecule has 1 fully saturated rings. The van der Waals surface area contributed by atoms with Crippen molar-refractivity contribution in [2.24, 2.45) is 4.99 Å². The highest BCUT2D eigenvalue weighted by Crippen LogP contribution is 2.19. The fraction of sp³-hybridized carbons (Fsp3) is 0.632. The molecule has 0 aromatic heterocycles. The standard InChI is InChI=1S/C19H29F3N4O.HI/c1-23-18(24-10-6-12-27-15-19(20,21)22)25-13-17-9-5-11-26(17)14-16-7-3-2-4-8-16;/h2-4,7-8,17H,5-6,9-15H2,1H3,(H2,23,24,25);1H. The maximum atomic E-state index is 12.0. The molecular formula is C19H30F3IN4O. The van der Waals surface area contributed by atoms with Gasteiger partial charge in [-0.1, -0.05) is 30.3 Å². The van der Waals surface area contributed by atoms with E-state index in [1.807, 2.05) is 6.07 Å². The Morgan fingerprint density at radius 2 is 2.00 bits per heavy atom. The summed E-state index contributed by atoms with van der Waals surface area (Å²) in [6.45, 7) is 2.20. The predicted molar refractivity (Wildman–Crippen MR) is 116 cm³/mol. The Hall–Kier alpha value is -1.07. The van der Waals surface area contributed by atoms with Crippen molar-refractivity contribution in [1.29, 1.82) is 0 Å². The number of nitrogens with zero attached hydrogens (tertiary/aromatic N) is 2. The molecule has 1 atom stereocenters. The van der Waals surface area contributed by atoms with Gasteiger partial charge in [0.05, 0.1) is 0 Å². The van der Waals surface area contributed by atoms with Crippen molar-refractivity contribution in [3.8, 4) is 0 Å². The Bertz CT molecular complexity index is 572. The summed E-state index contributed by atoms with van der Waals surface area (Å²) in [6.07, 6.45) is -1.46. The van der Waals surface area contributed by atoms with Crippen molar-refractivity contribution in [3.63, 3.8) is 0 Å². The van der Waals surface area contributed by atoms with E-state index < -0.39 is 12.8 Å². The molecule has 1 aromatic rings. The SMILES string of the molecule is CN=C(NCCCOCC(F)(F)F)NCC1CCCN1Cc1ccccc1.I. The van der Waals surface area contributed by atoms with E-state index >= 15 is 0 Å². The van der Waals surface area contributed by atoms with Crippen LogP contribution >= 0.6 is 24.0 Å². The lowest BCUT2D eigenvalue weighted by Gasteiger charge is -2.25. The Labute approximate surface area is 182 Å². The average Bonchev–Trinajstić information content (AvgIpc) is 3.07. The molecule has 1 aliphatic heterocycles. The number of halogens is 4. The number of guanidine groups is 1. The molecule has 2 rings (SSSR count). The van der Waals surface area contributed by atoms with Crippen molar-refractivity contribution in [1.82, 2.24) is 15.5 Å². The van der Waals surface area contributed by atoms with Gasteiger partial charge in [-0.05, 0) is 31.4 Å². The first kappa shape index (κ1) is 25.0. The zero-order chi connectivity index (χ0) is 19.5. The number of hydrogen-bond donors (Lipinski definition) is 2. The van der Waals surface area contributed by atoms with Gasteiger partial charge in [0.1, 0.15) is 6.61 Å². The molecule has 0 aliphatic carbocycles. The molecule has 1 aromatic carbocycles. The van der Waals surface area contributed by atoms with Crippen LogP contribution in [0.1, 0.15) is 24.8 Å². The van der Waals surface area contributed by atoms with Gasteiger partial charge >= 0.3 is 6.18 Å². The van der Waals surface area contributed by atoms with Crippen LogP contribution < -0.4 is 10.6 Å². The van der Waals surface area contributed by atoms with E-state index in [0.717, 1.165) is 26.1 Å². The molecular weight excluding hydrogens is 484 g/mol. The third-order valence-electron chi connectivity index (χ3n) is 4.48. The van der Waals surface area contributed by atoms with Crippen LogP contribution in [0.4, 0.5) is 13.2 Å². The van der Waals surface area contributed by atoms with Crippen molar-refractivity contribution in [3.05, 3.63) is 35.9 Å². The quantitative estimate of drug-likeness (QED) is 0.230. The second-order valence-electron chi connectivity index (χ2n) is 6.65. The predicted octanol–water partition coefficient (Wildman–Crippen LogP) is 3.40. The molecule has 1 aliphatic rings. The van der Waals surface area contributed by atoms with Crippen LogP contribution in [-0.2, 0) is 11.3 Å². The number of likely N-dealkylation sites (tertiary alicyclic amines) is 1. The highest BCUT2D eigenvalue weighted by Gasteiger charge is 2.27. The van der Waals surface area contributed by atoms with Crippen molar-refractivity contribution in [2.45, 2.75) is 38.0 Å². The van der Waals surface area contributed by atoms with Gasteiger partial charge in [0.2, 0.25) is 0 Å². The molecule has 1 heterocycles. The molecule has 28 heavy (non-hydrogen) atoms. The van der Waals surface area contributed by atoms with Crippen LogP contribution in [-0.4, -0.2) is 63.0 Å². The fourth-order valence-corrected chi connectivity index (χ4v) is 3.16. The zero-order valence-electron chi connectivity index (χ0n) is 16.2. The molecule has 1 unspecified atom stereocenters. The molecule has 0 spiro atoms. The monoisotopic (exact) mass is 514 g/mol. The van der Waals surface area contributed by atoms with Gasteiger partial charge in [-0.15, -0.1) is 24.0 Å². The summed E-state index contributed by atoms with van der Waals surface area (Å²) >= 11 is 0. The lowest BCUT2D eigenvalue weighted by Crippen LogP contribution is -2.45. The van der Waals surface area contributed by atoms with E-state index in [4.69, 9.17) is 0 Å². The number of aliphatic imine (C=N–C) groups is 1. The number of rotatable bonds is 9. The molecule has 0 radical (unpaired) electrons. The summed E-state index contributed by atoms with van der Waals surface area (Å²) in [5.74, 6) is 0.664. The van der Waals surface area contributed by atoms with Crippen LogP contribution in [0.3, 0.4) is 0 Å². The first-order valence-corrected chi connectivity index (χ1v) is 9.35. The smallest absolute Gasteiger partial charge is 0.372 e. The van der Waals surface area contributed by atoms with Gasteiger partial charge in [-0.2, -0.15) is 13.2 Å². The second kappa shape index (κ2) is 13.2. The van der Waals surface area contributed by atoms with Crippen LogP contribution in [0.25, 0.3) is 0 Å². The molecule has 9 heteroatoms. The highest BCUT2D eigenvalue weighted by atomic mass is 127. The van der Waals surface area contributed by atoms with Gasteiger partial charge < -0.3 is 15.4 Å². The zero-order valence-corrected chi connectivity index (χ0v) is 18.5. The lowest BCUT2D eigenvalue weighted by atomic mass is 10.2. The highest BCUT2D eigenvalue weighted by molar-refractivity contribution is 14.0. The minimum atomic E-state index is -4.27. The van der Waals surface area contributed by atoms with Crippen LogP contribution in [0.5, 0.6) is 0 Å². The Balaban J connectivity index is 0.00000392. The second-order valence-corrected chi connectivity index (χ2v) is 6.65. The van der Waals surface area contributed by atoms with Crippen LogP contribution in [0.2, 0.25) is 0 Å². The van der Waals surface area contributed by atoms with E-state index in [2.05, 4.69) is 49.5 Å². The number of ether oxygens (including phenoxy) is 1. The maximum absolute atomic E-state index is 12.0. The molecule has 0 amide bonds. The summed E-state index contributed by atoms with van der Waals surface area (Å²) in [7, 11) is 1.69. The van der Waals surface area contributed by atoms with E-state index in [9.17, 15) is 13.2 Å². The van der Waals surface area contributed by atoms with E-state index in [0.29, 0.717) is 25.0 Å². The minimum absolute atomic E-state index is 0. The molecule has 0 saturated carbocycles. The lowest BCUT2D eigenvalue weighted by molar-refractivity contribution is -0.173. The minimum Gasteiger partial charge on any atom is -0.372 e. The Kier molecular flexibility index (Phi) is 11.8. The summed E-state index contributed by atoms with van der Waals surface area (Å²) in [5.41, 5.74) is 1.31. The van der Waals surface area contributed by atoms with E-state index in [1.54, 1.807) is 7.05 Å². The van der Waals surface area contributed by atoms with Crippen LogP contribution in [0.15, 0.2) is 35.3 Å². The number of hydrogen-bond acceptors (Lipinski definition) is 3. The molecule has 0 bridgehead atoms. The summed E-state index contributed by atoms with van der Waals surface area (Å²) in [5, 5.41) is 6.43. The maximum Gasteiger partial charge on any atom is 0.411 e. The van der Waals surface area contributed by atoms with E-state index in [-0.39, 0.29) is 30.6 Å². The largest absolute Gasteiger partial charge is 0.411 e. The third kappa shape index (κ3) is 9.92. The van der Waals surface area contributed by atoms with Gasteiger partial charge in [0.25, 0.3) is 0 Å². The number of alkyl halides is 3. The average molecular weight is 514 g/mol. The topological polar surface area (TPSA) is 48.9 Å². The van der Waals surface area contributed by atoms with Gasteiger partial charge in [-0.3, -0.25) is 9.89 Å². The molecule has 1 saturated heterocycles. The number of nitrogens with one attached hydrogen (secondary N) is 2. The first-order valence-electron chi connectivity index (χ1n) is 9.35. The first-order chi connectivity index (χ1) is 13.0. The normalized spacial score (nSPS) is 18.0. The molecule has 160 valence electrons. The van der Waals surface area contributed by atoms with Gasteiger partial charge in [0, 0.05) is 39.3 Å². The Morgan fingerprint density at radius 1 is 1.25 bits per heavy atom. The van der Waals surface area contributed by atoms with Crippen LogP contribution in [0, 0.1) is 0 Å². The van der Waals surface area contributed by atoms with Gasteiger partial charge in [-0.25, -0.2) is 0 Å². The van der Waals surface area contributed by atoms with E-state index in [1.165, 1.54) is 12.0 Å². The van der Waals surface area contributed by atoms with Gasteiger partial charge in [0.15, 0.2) is 5.96 Å². The van der Waals surface area contributed by atoms with Crippen molar-refractivity contribution < 1.29 is 17.9 Å². The number of benzene rings is 1. The third-order valence-corrected chi connectivity index (χ3v) is 4.48. The Morgan fingerprint density at radius 3 is 2.68 bits per heavy atom. The molecule has 2 N–H and O–H groups in total. The summed E-state index contributed by atoms with van der Waals surface area (Å²) in [4.78, 5) is 6.64. The van der Waals surface area contributed by atoms with Crippen molar-refractivity contribution >= 4 is 29.9 Å². The van der Waals surface area contributed by atoms with Crippen molar-refractivity contribution in [2.75, 3.05) is 39.9 Å². The summed E-state index contributed by atoms with van der Waals surface area (Å²) < 4.78 is 40.6. The molecule has 5 nitrogen and oxygen atoms in total. The summed E-state index contributed by atoms with van der Waals surface area (Å²) in [6, 6.07) is 10.9. The fourth-order valence-electron chi connectivity index (χ4n) is 3.16.